The fraction of sp³-hybridized carbons (Fsp3) is 0.667. The van der Waals surface area contributed by atoms with Gasteiger partial charge in [0.1, 0.15) is 5.78 Å². The van der Waals surface area contributed by atoms with E-state index in [9.17, 15) is 29.4 Å². The van der Waals surface area contributed by atoms with Crippen LogP contribution in [0.15, 0.2) is 12.2 Å². The number of nitrogens with zero attached hydrogens (tertiary/aromatic N) is 2. The summed E-state index contributed by atoms with van der Waals surface area (Å²) in [5, 5.41) is 21.1. The zero-order valence-electron chi connectivity index (χ0n) is 14.7. The first-order valence-corrected chi connectivity index (χ1v) is 11.6. The highest BCUT2D eigenvalue weighted by Gasteiger charge is 2.79. The molecule has 0 radical (unpaired) electrons. The first kappa shape index (κ1) is 17.5. The normalized spacial score (nSPS) is 51.4. The Balaban J connectivity index is 1.51. The molecular formula is C18H18N2O6S2. The molecule has 148 valence electrons. The molecular weight excluding hydrogens is 404 g/mol. The van der Waals surface area contributed by atoms with E-state index in [0.717, 1.165) is 0 Å². The van der Waals surface area contributed by atoms with Gasteiger partial charge in [0.2, 0.25) is 0 Å². The molecule has 5 heterocycles. The van der Waals surface area contributed by atoms with E-state index >= 15 is 0 Å². The Bertz CT molecular complexity index is 893. The van der Waals surface area contributed by atoms with Crippen molar-refractivity contribution in [1.82, 2.24) is 9.80 Å². The van der Waals surface area contributed by atoms with Gasteiger partial charge >= 0.3 is 0 Å². The van der Waals surface area contributed by atoms with Gasteiger partial charge in [0.05, 0.1) is 24.3 Å². The maximum atomic E-state index is 13.7. The van der Waals surface area contributed by atoms with Crippen LogP contribution >= 0.6 is 21.6 Å². The van der Waals surface area contributed by atoms with Gasteiger partial charge in [-0.25, -0.2) is 0 Å². The number of piperazine rings is 1. The van der Waals surface area contributed by atoms with Crippen LogP contribution in [0.3, 0.4) is 0 Å². The average Bonchev–Trinajstić information content (AvgIpc) is 3.22. The first-order valence-electron chi connectivity index (χ1n) is 9.47. The molecule has 0 aromatic heterocycles. The number of hydrogen-bond donors (Lipinski definition) is 2. The standard InChI is InChI=1S/C18H18N2O6S2/c21-9-1-3-11(23)13-7(9)5-17-15(25)20-14-8(10(22)2-4-12(14)24)6-18(20,28-27-17)16(26)19(13)17/h1,3,7-8,11-14,23-24H,2,4-6H2/t7?,8?,11-,12-,13?,14?,17?,18?/m0/s1. The van der Waals surface area contributed by atoms with Crippen molar-refractivity contribution < 1.29 is 29.4 Å². The smallest absolute Gasteiger partial charge is 0.261 e. The highest BCUT2D eigenvalue weighted by molar-refractivity contribution is 8.78. The number of aliphatic hydroxyl groups is 2. The number of rotatable bonds is 0. The average molecular weight is 422 g/mol. The monoisotopic (exact) mass is 422 g/mol. The van der Waals surface area contributed by atoms with Gasteiger partial charge in [0.15, 0.2) is 15.5 Å². The summed E-state index contributed by atoms with van der Waals surface area (Å²) in [5.74, 6) is -2.00. The number of Topliss-reactive ketones (excluding diaryl/α,β-unsaturated/α-hetero) is 1. The predicted octanol–water partition coefficient (Wildman–Crippen LogP) is -0.555. The molecule has 2 spiro atoms. The van der Waals surface area contributed by atoms with Crippen LogP contribution in [0.1, 0.15) is 25.7 Å². The van der Waals surface area contributed by atoms with Crippen LogP contribution in [0.5, 0.6) is 0 Å². The molecule has 0 aromatic rings. The van der Waals surface area contributed by atoms with Gasteiger partial charge in [-0.3, -0.25) is 19.2 Å². The van der Waals surface area contributed by atoms with E-state index in [1.54, 1.807) is 0 Å². The van der Waals surface area contributed by atoms with Gasteiger partial charge in [-0.2, -0.15) is 0 Å². The summed E-state index contributed by atoms with van der Waals surface area (Å²) < 4.78 is 0. The molecule has 10 heteroatoms. The molecule has 2 aliphatic carbocycles. The van der Waals surface area contributed by atoms with Crippen LogP contribution in [0.25, 0.3) is 0 Å². The van der Waals surface area contributed by atoms with Gasteiger partial charge in [-0.1, -0.05) is 27.7 Å². The Labute approximate surface area is 168 Å². The summed E-state index contributed by atoms with van der Waals surface area (Å²) >= 11 is 0. The molecule has 2 amide bonds. The number of carbonyl (C=O) groups excluding carboxylic acids is 4. The van der Waals surface area contributed by atoms with Crippen LogP contribution < -0.4 is 0 Å². The maximum Gasteiger partial charge on any atom is 0.261 e. The minimum Gasteiger partial charge on any atom is -0.391 e. The molecule has 2 N–H and O–H groups in total. The summed E-state index contributed by atoms with van der Waals surface area (Å²) in [6.45, 7) is 0. The van der Waals surface area contributed by atoms with E-state index in [0.29, 0.717) is 0 Å². The molecule has 6 fully saturated rings. The summed E-state index contributed by atoms with van der Waals surface area (Å²) in [6.07, 6.45) is 1.74. The third kappa shape index (κ3) is 1.71. The molecule has 8 atom stereocenters. The maximum absolute atomic E-state index is 13.7. The molecule has 28 heavy (non-hydrogen) atoms. The van der Waals surface area contributed by atoms with Crippen LogP contribution in [-0.2, 0) is 19.2 Å². The topological polar surface area (TPSA) is 115 Å². The molecule has 6 unspecified atom stereocenters. The zero-order chi connectivity index (χ0) is 19.6. The van der Waals surface area contributed by atoms with Crippen LogP contribution in [-0.4, -0.2) is 77.4 Å². The van der Waals surface area contributed by atoms with Crippen molar-refractivity contribution in [3.63, 3.8) is 0 Å². The highest BCUT2D eigenvalue weighted by atomic mass is 33.1. The number of hydrogen-bond acceptors (Lipinski definition) is 8. The minimum absolute atomic E-state index is 0.0138. The Morgan fingerprint density at radius 1 is 0.929 bits per heavy atom. The van der Waals surface area contributed by atoms with Crippen molar-refractivity contribution in [3.8, 4) is 0 Å². The summed E-state index contributed by atoms with van der Waals surface area (Å²) in [4.78, 5) is 52.9. The lowest BCUT2D eigenvalue weighted by Crippen LogP contribution is -2.77. The lowest BCUT2D eigenvalue weighted by Gasteiger charge is -2.59. The number of ketones is 2. The van der Waals surface area contributed by atoms with Crippen molar-refractivity contribution in [2.45, 2.75) is 59.7 Å². The fourth-order valence-electron chi connectivity index (χ4n) is 6.07. The summed E-state index contributed by atoms with van der Waals surface area (Å²) in [7, 11) is 2.56. The van der Waals surface area contributed by atoms with E-state index in [1.165, 1.54) is 43.5 Å². The Kier molecular flexibility index (Phi) is 3.26. The van der Waals surface area contributed by atoms with E-state index < -0.39 is 45.9 Å². The van der Waals surface area contributed by atoms with Crippen molar-refractivity contribution >= 4 is 45.0 Å². The highest BCUT2D eigenvalue weighted by Crippen LogP contribution is 2.69. The molecule has 1 saturated carbocycles. The Morgan fingerprint density at radius 2 is 1.54 bits per heavy atom. The van der Waals surface area contributed by atoms with E-state index in [-0.39, 0.29) is 49.1 Å². The molecule has 5 saturated heterocycles. The number of amides is 2. The minimum atomic E-state index is -1.27. The van der Waals surface area contributed by atoms with Crippen molar-refractivity contribution in [2.75, 3.05) is 0 Å². The molecule has 7 rings (SSSR count). The number of allylic oxidation sites excluding steroid dienone is 1. The quantitative estimate of drug-likeness (QED) is 0.500. The Morgan fingerprint density at radius 3 is 2.21 bits per heavy atom. The van der Waals surface area contributed by atoms with Gasteiger partial charge in [0, 0.05) is 31.1 Å². The largest absolute Gasteiger partial charge is 0.391 e. The zero-order valence-corrected chi connectivity index (χ0v) is 16.3. The summed E-state index contributed by atoms with van der Waals surface area (Å²) in [5.41, 5.74) is 0. The second-order valence-electron chi connectivity index (χ2n) is 8.51. The van der Waals surface area contributed by atoms with E-state index in [2.05, 4.69) is 0 Å². The van der Waals surface area contributed by atoms with Gasteiger partial charge in [-0.15, -0.1) is 0 Å². The lowest BCUT2D eigenvalue weighted by atomic mass is 9.81. The predicted molar refractivity (Wildman–Crippen MR) is 98.5 cm³/mol. The molecule has 5 aliphatic heterocycles. The lowest BCUT2D eigenvalue weighted by molar-refractivity contribution is -0.170. The van der Waals surface area contributed by atoms with Crippen molar-refractivity contribution in [1.29, 1.82) is 0 Å². The number of fused-ring (bicyclic) bond motifs is 3. The van der Waals surface area contributed by atoms with E-state index in [1.807, 2.05) is 0 Å². The Hall–Kier alpha value is -1.36. The fourth-order valence-corrected chi connectivity index (χ4v) is 9.90. The van der Waals surface area contributed by atoms with Gasteiger partial charge in [0.25, 0.3) is 11.8 Å². The molecule has 2 bridgehead atoms. The molecule has 0 aromatic carbocycles. The second kappa shape index (κ2) is 5.21. The third-order valence-electron chi connectivity index (χ3n) is 7.28. The number of aliphatic hydroxyl groups excluding tert-OH is 2. The van der Waals surface area contributed by atoms with E-state index in [4.69, 9.17) is 0 Å². The van der Waals surface area contributed by atoms with Crippen molar-refractivity contribution in [2.24, 2.45) is 11.8 Å². The van der Waals surface area contributed by atoms with Crippen LogP contribution in [0, 0.1) is 11.8 Å². The molecule has 8 nitrogen and oxygen atoms in total. The van der Waals surface area contributed by atoms with Gasteiger partial charge < -0.3 is 20.0 Å². The SMILES string of the molecule is O=C1C=C[C@H](O)C2C1CC13SSC4(CC5C(=O)CC[C@H](O)C5N4C1=O)C(=O)N23. The van der Waals surface area contributed by atoms with Crippen LogP contribution in [0.2, 0.25) is 0 Å². The van der Waals surface area contributed by atoms with Crippen LogP contribution in [0.4, 0.5) is 0 Å². The number of carbonyl (C=O) groups is 4. The molecule has 7 aliphatic rings. The van der Waals surface area contributed by atoms with Gasteiger partial charge in [-0.05, 0) is 12.5 Å². The second-order valence-corrected chi connectivity index (χ2v) is 11.2. The van der Waals surface area contributed by atoms with Crippen molar-refractivity contribution in [3.05, 3.63) is 12.2 Å². The third-order valence-corrected chi connectivity index (χ3v) is 10.9. The summed E-state index contributed by atoms with van der Waals surface area (Å²) in [6, 6.07) is -1.45. The first-order chi connectivity index (χ1) is 13.3.